The molecule has 0 saturated carbocycles. The van der Waals surface area contributed by atoms with Crippen molar-refractivity contribution in [1.82, 2.24) is 15.1 Å². The molecule has 3 aromatic rings. The van der Waals surface area contributed by atoms with Gasteiger partial charge in [-0.05, 0) is 37.5 Å². The molecule has 0 fully saturated rings. The Morgan fingerprint density at radius 1 is 1.08 bits per heavy atom. The lowest BCUT2D eigenvalue weighted by Crippen LogP contribution is -2.28. The average molecular weight is 347 g/mol. The molecule has 1 N–H and O–H groups in total. The third-order valence-corrected chi connectivity index (χ3v) is 4.87. The number of aryl methyl sites for hydroxylation is 1. The zero-order valence-electron chi connectivity index (χ0n) is 15.6. The van der Waals surface area contributed by atoms with Gasteiger partial charge in [0.15, 0.2) is 0 Å². The van der Waals surface area contributed by atoms with Crippen molar-refractivity contribution in [1.29, 1.82) is 0 Å². The number of amides is 1. The summed E-state index contributed by atoms with van der Waals surface area (Å²) in [5.41, 5.74) is 4.85. The van der Waals surface area contributed by atoms with Crippen LogP contribution < -0.4 is 5.32 Å². The van der Waals surface area contributed by atoms with Crippen LogP contribution in [-0.4, -0.2) is 22.2 Å². The zero-order valence-corrected chi connectivity index (χ0v) is 15.6. The number of rotatable bonds is 6. The van der Waals surface area contributed by atoms with Gasteiger partial charge in [0.2, 0.25) is 0 Å². The molecule has 1 heterocycles. The Morgan fingerprint density at radius 3 is 2.46 bits per heavy atom. The van der Waals surface area contributed by atoms with E-state index >= 15 is 0 Å². The van der Waals surface area contributed by atoms with E-state index in [4.69, 9.17) is 0 Å². The molecule has 1 atom stereocenters. The molecule has 1 unspecified atom stereocenters. The van der Waals surface area contributed by atoms with E-state index in [-0.39, 0.29) is 5.91 Å². The van der Waals surface area contributed by atoms with Gasteiger partial charge in [-0.15, -0.1) is 0 Å². The molecule has 0 aliphatic heterocycles. The Labute approximate surface area is 154 Å². The van der Waals surface area contributed by atoms with Gasteiger partial charge in [-0.1, -0.05) is 55.5 Å². The second-order valence-electron chi connectivity index (χ2n) is 6.57. The van der Waals surface area contributed by atoms with Crippen LogP contribution in [0.2, 0.25) is 0 Å². The molecule has 4 nitrogen and oxygen atoms in total. The first-order valence-corrected chi connectivity index (χ1v) is 9.05. The summed E-state index contributed by atoms with van der Waals surface area (Å²) in [4.78, 5) is 12.7. The lowest BCUT2D eigenvalue weighted by Gasteiger charge is -2.16. The van der Waals surface area contributed by atoms with Crippen molar-refractivity contribution in [3.05, 3.63) is 83.2 Å². The zero-order chi connectivity index (χ0) is 18.5. The Hall–Kier alpha value is -2.88. The van der Waals surface area contributed by atoms with Crippen molar-refractivity contribution >= 4 is 5.91 Å². The molecule has 0 radical (unpaired) electrons. The Kier molecular flexibility index (Phi) is 5.52. The maximum absolute atomic E-state index is 12.7. The van der Waals surface area contributed by atoms with Crippen LogP contribution in [0.25, 0.3) is 5.69 Å². The molecule has 0 aliphatic carbocycles. The number of para-hydroxylation sites is 1. The number of carbonyl (C=O) groups excluding carboxylic acids is 1. The third-order valence-electron chi connectivity index (χ3n) is 4.87. The molecule has 1 amide bonds. The van der Waals surface area contributed by atoms with E-state index in [0.717, 1.165) is 23.4 Å². The van der Waals surface area contributed by atoms with Crippen LogP contribution in [0.5, 0.6) is 0 Å². The highest BCUT2D eigenvalue weighted by atomic mass is 16.1. The highest BCUT2D eigenvalue weighted by Crippen LogP contribution is 2.20. The van der Waals surface area contributed by atoms with Gasteiger partial charge in [-0.3, -0.25) is 4.79 Å². The quantitative estimate of drug-likeness (QED) is 0.718. The normalized spacial score (nSPS) is 12.0. The highest BCUT2D eigenvalue weighted by molar-refractivity contribution is 5.95. The van der Waals surface area contributed by atoms with Gasteiger partial charge in [0.05, 0.1) is 23.1 Å². The first-order chi connectivity index (χ1) is 12.6. The van der Waals surface area contributed by atoms with Crippen LogP contribution >= 0.6 is 0 Å². The fraction of sp³-hybridized carbons (Fsp3) is 0.273. The summed E-state index contributed by atoms with van der Waals surface area (Å²) in [6.07, 6.45) is 2.63. The summed E-state index contributed by atoms with van der Waals surface area (Å²) in [6.45, 7) is 6.74. The van der Waals surface area contributed by atoms with Crippen molar-refractivity contribution in [2.45, 2.75) is 33.1 Å². The van der Waals surface area contributed by atoms with E-state index in [0.29, 0.717) is 18.0 Å². The molecule has 4 heteroatoms. The average Bonchev–Trinajstić information content (AvgIpc) is 3.05. The Bertz CT molecular complexity index is 883. The monoisotopic (exact) mass is 347 g/mol. The van der Waals surface area contributed by atoms with Gasteiger partial charge in [-0.25, -0.2) is 4.68 Å². The standard InChI is InChI=1S/C22H25N3O/c1-4-18(19-11-6-5-7-12-19)14-23-22(26)20-15-24-25(17(20)3)21-13-9-8-10-16(21)2/h5-13,15,18H,4,14H2,1-3H3,(H,23,26). The van der Waals surface area contributed by atoms with Crippen LogP contribution in [-0.2, 0) is 0 Å². The molecule has 26 heavy (non-hydrogen) atoms. The van der Waals surface area contributed by atoms with Crippen LogP contribution in [0.15, 0.2) is 60.8 Å². The number of aromatic nitrogens is 2. The SMILES string of the molecule is CCC(CNC(=O)c1cnn(-c2ccccc2C)c1C)c1ccccc1. The summed E-state index contributed by atoms with van der Waals surface area (Å²) in [6, 6.07) is 18.4. The summed E-state index contributed by atoms with van der Waals surface area (Å²) >= 11 is 0. The van der Waals surface area contributed by atoms with E-state index in [1.165, 1.54) is 5.56 Å². The minimum absolute atomic E-state index is 0.0725. The van der Waals surface area contributed by atoms with Crippen LogP contribution in [0.1, 0.15) is 46.4 Å². The molecule has 2 aromatic carbocycles. The van der Waals surface area contributed by atoms with Gasteiger partial charge >= 0.3 is 0 Å². The van der Waals surface area contributed by atoms with E-state index < -0.39 is 0 Å². The smallest absolute Gasteiger partial charge is 0.254 e. The first kappa shape index (κ1) is 17.9. The number of carbonyl (C=O) groups is 1. The summed E-state index contributed by atoms with van der Waals surface area (Å²) < 4.78 is 1.83. The van der Waals surface area contributed by atoms with E-state index in [1.807, 2.05) is 61.0 Å². The van der Waals surface area contributed by atoms with Crippen molar-refractivity contribution < 1.29 is 4.79 Å². The molecule has 1 aromatic heterocycles. The van der Waals surface area contributed by atoms with Gasteiger partial charge < -0.3 is 5.32 Å². The number of nitrogens with zero attached hydrogens (tertiary/aromatic N) is 2. The lowest BCUT2D eigenvalue weighted by atomic mass is 9.96. The van der Waals surface area contributed by atoms with Gasteiger partial charge in [0, 0.05) is 12.5 Å². The van der Waals surface area contributed by atoms with Crippen molar-refractivity contribution in [2.24, 2.45) is 0 Å². The maximum Gasteiger partial charge on any atom is 0.254 e. The van der Waals surface area contributed by atoms with Gasteiger partial charge in [-0.2, -0.15) is 5.10 Å². The van der Waals surface area contributed by atoms with Crippen LogP contribution in [0.4, 0.5) is 0 Å². The number of benzene rings is 2. The Balaban J connectivity index is 1.74. The first-order valence-electron chi connectivity index (χ1n) is 9.05. The molecular formula is C22H25N3O. The fourth-order valence-electron chi connectivity index (χ4n) is 3.21. The van der Waals surface area contributed by atoms with Crippen molar-refractivity contribution in [2.75, 3.05) is 6.54 Å². The minimum atomic E-state index is -0.0725. The second-order valence-corrected chi connectivity index (χ2v) is 6.57. The maximum atomic E-state index is 12.7. The summed E-state index contributed by atoms with van der Waals surface area (Å²) in [5, 5.41) is 7.51. The van der Waals surface area contributed by atoms with E-state index in [2.05, 4.69) is 29.5 Å². The molecule has 0 saturated heterocycles. The Morgan fingerprint density at radius 2 is 1.77 bits per heavy atom. The molecule has 0 bridgehead atoms. The number of nitrogens with one attached hydrogen (secondary N) is 1. The predicted molar refractivity (Wildman–Crippen MR) is 105 cm³/mol. The summed E-state index contributed by atoms with van der Waals surface area (Å²) in [5.74, 6) is 0.239. The number of hydrogen-bond donors (Lipinski definition) is 1. The van der Waals surface area contributed by atoms with Crippen molar-refractivity contribution in [3.8, 4) is 5.69 Å². The second kappa shape index (κ2) is 8.00. The molecule has 0 spiro atoms. The lowest BCUT2D eigenvalue weighted by molar-refractivity contribution is 0.0950. The van der Waals surface area contributed by atoms with Crippen LogP contribution in [0.3, 0.4) is 0 Å². The van der Waals surface area contributed by atoms with Gasteiger partial charge in [0.25, 0.3) is 5.91 Å². The van der Waals surface area contributed by atoms with E-state index in [9.17, 15) is 4.79 Å². The minimum Gasteiger partial charge on any atom is -0.351 e. The molecular weight excluding hydrogens is 322 g/mol. The number of hydrogen-bond acceptors (Lipinski definition) is 2. The van der Waals surface area contributed by atoms with Gasteiger partial charge in [0.1, 0.15) is 0 Å². The predicted octanol–water partition coefficient (Wildman–Crippen LogP) is 4.41. The molecule has 134 valence electrons. The van der Waals surface area contributed by atoms with Crippen LogP contribution in [0, 0.1) is 13.8 Å². The molecule has 3 rings (SSSR count). The fourth-order valence-corrected chi connectivity index (χ4v) is 3.21. The third kappa shape index (κ3) is 3.69. The highest BCUT2D eigenvalue weighted by Gasteiger charge is 2.17. The largest absolute Gasteiger partial charge is 0.351 e. The van der Waals surface area contributed by atoms with Crippen molar-refractivity contribution in [3.63, 3.8) is 0 Å². The summed E-state index contributed by atoms with van der Waals surface area (Å²) in [7, 11) is 0. The molecule has 0 aliphatic rings. The topological polar surface area (TPSA) is 46.9 Å². The van der Waals surface area contributed by atoms with E-state index in [1.54, 1.807) is 6.20 Å².